The number of hydrogen-bond acceptors (Lipinski definition) is 4. The van der Waals surface area contributed by atoms with Crippen molar-refractivity contribution in [3.63, 3.8) is 0 Å². The van der Waals surface area contributed by atoms with Gasteiger partial charge in [0.15, 0.2) is 0 Å². The zero-order valence-corrected chi connectivity index (χ0v) is 10.9. The van der Waals surface area contributed by atoms with Gasteiger partial charge in [0, 0.05) is 24.3 Å². The van der Waals surface area contributed by atoms with Crippen LogP contribution >= 0.6 is 0 Å². The molecule has 0 atom stereocenters. The van der Waals surface area contributed by atoms with Gasteiger partial charge in [-0.3, -0.25) is 0 Å². The van der Waals surface area contributed by atoms with Crippen molar-refractivity contribution in [1.82, 2.24) is 9.97 Å². The van der Waals surface area contributed by atoms with Crippen molar-refractivity contribution in [3.05, 3.63) is 17.6 Å². The summed E-state index contributed by atoms with van der Waals surface area (Å²) in [6, 6.07) is 0. The summed E-state index contributed by atoms with van der Waals surface area (Å²) in [5, 5.41) is 0. The van der Waals surface area contributed by atoms with Crippen LogP contribution in [0, 0.1) is 5.92 Å². The highest BCUT2D eigenvalue weighted by Gasteiger charge is 2.24. The molecule has 98 valence electrons. The lowest BCUT2D eigenvalue weighted by Gasteiger charge is -2.33. The summed E-state index contributed by atoms with van der Waals surface area (Å²) in [5.41, 5.74) is 8.34. The number of piperidine rings is 1. The van der Waals surface area contributed by atoms with Gasteiger partial charge in [-0.25, -0.2) is 9.97 Å². The van der Waals surface area contributed by atoms with Crippen LogP contribution in [0.1, 0.15) is 36.9 Å². The third kappa shape index (κ3) is 2.21. The highest BCUT2D eigenvalue weighted by Crippen LogP contribution is 2.30. The topological polar surface area (TPSA) is 55.0 Å². The quantitative estimate of drug-likeness (QED) is 0.879. The Morgan fingerprint density at radius 2 is 2.06 bits per heavy atom. The third-order valence-corrected chi connectivity index (χ3v) is 4.34. The van der Waals surface area contributed by atoms with E-state index in [9.17, 15) is 0 Å². The fourth-order valence-electron chi connectivity index (χ4n) is 3.28. The maximum Gasteiger partial charge on any atom is 0.135 e. The Labute approximate surface area is 109 Å². The molecule has 1 saturated heterocycles. The first kappa shape index (κ1) is 11.9. The largest absolute Gasteiger partial charge is 0.356 e. The first-order valence-electron chi connectivity index (χ1n) is 7.16. The van der Waals surface area contributed by atoms with Crippen molar-refractivity contribution in [3.8, 4) is 0 Å². The molecule has 0 amide bonds. The Balaban J connectivity index is 1.71. The van der Waals surface area contributed by atoms with E-state index in [1.807, 2.05) is 0 Å². The van der Waals surface area contributed by atoms with E-state index in [-0.39, 0.29) is 0 Å². The van der Waals surface area contributed by atoms with E-state index in [4.69, 9.17) is 5.73 Å². The lowest BCUT2D eigenvalue weighted by atomic mass is 9.93. The Morgan fingerprint density at radius 1 is 1.22 bits per heavy atom. The number of nitrogens with zero attached hydrogens (tertiary/aromatic N) is 3. The second-order valence-corrected chi connectivity index (χ2v) is 5.48. The fraction of sp³-hybridized carbons (Fsp3) is 0.714. The first-order chi connectivity index (χ1) is 8.88. The van der Waals surface area contributed by atoms with Crippen molar-refractivity contribution < 1.29 is 0 Å². The van der Waals surface area contributed by atoms with E-state index >= 15 is 0 Å². The SMILES string of the molecule is NCCC1CCN(c2ncnc3c2CCC3)CC1. The third-order valence-electron chi connectivity index (χ3n) is 4.34. The summed E-state index contributed by atoms with van der Waals surface area (Å²) >= 11 is 0. The van der Waals surface area contributed by atoms with E-state index in [1.54, 1.807) is 6.33 Å². The van der Waals surface area contributed by atoms with E-state index in [1.165, 1.54) is 42.8 Å². The summed E-state index contributed by atoms with van der Waals surface area (Å²) in [5.74, 6) is 2.03. The zero-order valence-electron chi connectivity index (χ0n) is 10.9. The maximum atomic E-state index is 5.64. The van der Waals surface area contributed by atoms with Crippen molar-refractivity contribution in [2.75, 3.05) is 24.5 Å². The predicted octanol–water partition coefficient (Wildman–Crippen LogP) is 1.53. The van der Waals surface area contributed by atoms with Gasteiger partial charge in [0.25, 0.3) is 0 Å². The molecule has 1 aliphatic heterocycles. The van der Waals surface area contributed by atoms with Crippen molar-refractivity contribution >= 4 is 5.82 Å². The Kier molecular flexibility index (Phi) is 3.46. The van der Waals surface area contributed by atoms with Gasteiger partial charge in [0.05, 0.1) is 0 Å². The zero-order chi connectivity index (χ0) is 12.4. The molecule has 4 heteroatoms. The predicted molar refractivity (Wildman–Crippen MR) is 72.7 cm³/mol. The van der Waals surface area contributed by atoms with E-state index in [2.05, 4.69) is 14.9 Å². The molecule has 1 aromatic rings. The summed E-state index contributed by atoms with van der Waals surface area (Å²) in [4.78, 5) is 11.4. The van der Waals surface area contributed by atoms with E-state index < -0.39 is 0 Å². The lowest BCUT2D eigenvalue weighted by molar-refractivity contribution is 0.384. The normalized spacial score (nSPS) is 20.2. The van der Waals surface area contributed by atoms with Crippen LogP contribution in [0.5, 0.6) is 0 Å². The van der Waals surface area contributed by atoms with Crippen LogP contribution in [0.4, 0.5) is 5.82 Å². The minimum atomic E-state index is 0.820. The smallest absolute Gasteiger partial charge is 0.135 e. The fourth-order valence-corrected chi connectivity index (χ4v) is 3.28. The molecule has 4 nitrogen and oxygen atoms in total. The maximum absolute atomic E-state index is 5.64. The number of anilines is 1. The standard InChI is InChI=1S/C14H22N4/c15-7-4-11-5-8-18(9-6-11)14-12-2-1-3-13(12)16-10-17-14/h10-11H,1-9,15H2. The molecule has 1 aromatic heterocycles. The summed E-state index contributed by atoms with van der Waals surface area (Å²) < 4.78 is 0. The molecular weight excluding hydrogens is 224 g/mol. The molecule has 3 rings (SSSR count). The molecule has 2 heterocycles. The Morgan fingerprint density at radius 3 is 2.83 bits per heavy atom. The first-order valence-corrected chi connectivity index (χ1v) is 7.16. The molecule has 0 radical (unpaired) electrons. The van der Waals surface area contributed by atoms with Gasteiger partial charge < -0.3 is 10.6 Å². The van der Waals surface area contributed by atoms with Crippen LogP contribution in [0.15, 0.2) is 6.33 Å². The number of fused-ring (bicyclic) bond motifs is 1. The lowest BCUT2D eigenvalue weighted by Crippen LogP contribution is -2.35. The minimum absolute atomic E-state index is 0.820. The summed E-state index contributed by atoms with van der Waals surface area (Å²) in [6.07, 6.45) is 8.97. The van der Waals surface area contributed by atoms with Crippen LogP contribution < -0.4 is 10.6 Å². The Hall–Kier alpha value is -1.16. The van der Waals surface area contributed by atoms with E-state index in [0.717, 1.165) is 38.4 Å². The average Bonchev–Trinajstić information content (AvgIpc) is 2.88. The molecule has 1 aliphatic carbocycles. The van der Waals surface area contributed by atoms with Gasteiger partial charge in [0.1, 0.15) is 12.1 Å². The van der Waals surface area contributed by atoms with E-state index in [0.29, 0.717) is 0 Å². The molecule has 2 N–H and O–H groups in total. The van der Waals surface area contributed by atoms with Gasteiger partial charge in [0.2, 0.25) is 0 Å². The molecule has 0 spiro atoms. The van der Waals surface area contributed by atoms with Gasteiger partial charge in [-0.2, -0.15) is 0 Å². The number of nitrogens with two attached hydrogens (primary N) is 1. The number of rotatable bonds is 3. The van der Waals surface area contributed by atoms with Crippen LogP contribution in [-0.2, 0) is 12.8 Å². The highest BCUT2D eigenvalue weighted by atomic mass is 15.2. The molecule has 2 aliphatic rings. The summed E-state index contributed by atoms with van der Waals surface area (Å²) in [6.45, 7) is 3.09. The molecule has 0 saturated carbocycles. The Bertz CT molecular complexity index is 410. The van der Waals surface area contributed by atoms with Crippen LogP contribution in [0.3, 0.4) is 0 Å². The number of aromatic nitrogens is 2. The molecule has 0 unspecified atom stereocenters. The molecular formula is C14H22N4. The van der Waals surface area contributed by atoms with Gasteiger partial charge in [-0.15, -0.1) is 0 Å². The van der Waals surface area contributed by atoms with Crippen LogP contribution in [-0.4, -0.2) is 29.6 Å². The van der Waals surface area contributed by atoms with Crippen molar-refractivity contribution in [2.45, 2.75) is 38.5 Å². The minimum Gasteiger partial charge on any atom is -0.356 e. The monoisotopic (exact) mass is 246 g/mol. The number of aryl methyl sites for hydroxylation is 1. The summed E-state index contributed by atoms with van der Waals surface area (Å²) in [7, 11) is 0. The number of hydrogen-bond donors (Lipinski definition) is 1. The second kappa shape index (κ2) is 5.22. The van der Waals surface area contributed by atoms with Crippen LogP contribution in [0.25, 0.3) is 0 Å². The van der Waals surface area contributed by atoms with Crippen LogP contribution in [0.2, 0.25) is 0 Å². The molecule has 0 bridgehead atoms. The molecule has 0 aromatic carbocycles. The van der Waals surface area contributed by atoms with Gasteiger partial charge in [-0.05, 0) is 51.0 Å². The molecule has 18 heavy (non-hydrogen) atoms. The van der Waals surface area contributed by atoms with Gasteiger partial charge in [-0.1, -0.05) is 0 Å². The van der Waals surface area contributed by atoms with Gasteiger partial charge >= 0.3 is 0 Å². The highest BCUT2D eigenvalue weighted by molar-refractivity contribution is 5.50. The van der Waals surface area contributed by atoms with Crippen molar-refractivity contribution in [2.24, 2.45) is 11.7 Å². The average molecular weight is 246 g/mol. The molecule has 1 fully saturated rings. The van der Waals surface area contributed by atoms with Crippen molar-refractivity contribution in [1.29, 1.82) is 0 Å². The second-order valence-electron chi connectivity index (χ2n) is 5.48.